The van der Waals surface area contributed by atoms with E-state index < -0.39 is 0 Å². The molecular weight excluding hydrogens is 284 g/mol. The Morgan fingerprint density at radius 2 is 1.82 bits per heavy atom. The van der Waals surface area contributed by atoms with E-state index in [1.165, 1.54) is 0 Å². The number of methoxy groups -OCH3 is 2. The van der Waals surface area contributed by atoms with Crippen LogP contribution in [-0.2, 0) is 4.79 Å². The molecule has 2 atom stereocenters. The number of ether oxygens (including phenoxy) is 3. The van der Waals surface area contributed by atoms with Gasteiger partial charge in [-0.2, -0.15) is 0 Å². The Morgan fingerprint density at radius 1 is 1.18 bits per heavy atom. The van der Waals surface area contributed by atoms with Gasteiger partial charge in [0, 0.05) is 30.2 Å². The van der Waals surface area contributed by atoms with Crippen molar-refractivity contribution >= 4 is 5.91 Å². The van der Waals surface area contributed by atoms with Crippen LogP contribution in [0, 0.1) is 5.92 Å². The van der Waals surface area contributed by atoms with Gasteiger partial charge in [-0.05, 0) is 19.3 Å². The number of benzene rings is 1. The third-order valence-electron chi connectivity index (χ3n) is 3.84. The standard InChI is InChI=1S/C16H24N2O4/c1-20-13-8-14(21-2)10-15(9-13)22-6-5-18-16(19)11-3-4-12(17)7-11/h8-12H,3-7,17H2,1-2H3,(H,18,19). The van der Waals surface area contributed by atoms with Crippen molar-refractivity contribution in [2.75, 3.05) is 27.4 Å². The van der Waals surface area contributed by atoms with Crippen LogP contribution in [0.4, 0.5) is 0 Å². The summed E-state index contributed by atoms with van der Waals surface area (Å²) in [5, 5.41) is 2.89. The van der Waals surface area contributed by atoms with Crippen molar-refractivity contribution in [3.05, 3.63) is 18.2 Å². The summed E-state index contributed by atoms with van der Waals surface area (Å²) in [4.78, 5) is 11.9. The van der Waals surface area contributed by atoms with Gasteiger partial charge in [0.15, 0.2) is 0 Å². The van der Waals surface area contributed by atoms with E-state index >= 15 is 0 Å². The minimum atomic E-state index is 0.0481. The Kier molecular flexibility index (Phi) is 5.89. The lowest BCUT2D eigenvalue weighted by Gasteiger charge is -2.12. The first-order valence-corrected chi connectivity index (χ1v) is 7.51. The van der Waals surface area contributed by atoms with E-state index in [0.717, 1.165) is 19.3 Å². The molecule has 1 amide bonds. The number of carbonyl (C=O) groups is 1. The molecule has 6 nitrogen and oxygen atoms in total. The molecule has 2 rings (SSSR count). The fraction of sp³-hybridized carbons (Fsp3) is 0.562. The van der Waals surface area contributed by atoms with Gasteiger partial charge in [0.05, 0.1) is 20.8 Å². The summed E-state index contributed by atoms with van der Waals surface area (Å²) >= 11 is 0. The average Bonchev–Trinajstić information content (AvgIpc) is 2.97. The van der Waals surface area contributed by atoms with Crippen LogP contribution in [-0.4, -0.2) is 39.3 Å². The monoisotopic (exact) mass is 308 g/mol. The predicted molar refractivity (Wildman–Crippen MR) is 83.4 cm³/mol. The van der Waals surface area contributed by atoms with E-state index in [9.17, 15) is 4.79 Å². The largest absolute Gasteiger partial charge is 0.496 e. The van der Waals surface area contributed by atoms with Gasteiger partial charge in [-0.25, -0.2) is 0 Å². The van der Waals surface area contributed by atoms with Crippen LogP contribution in [0.5, 0.6) is 17.2 Å². The Labute approximate surface area is 130 Å². The van der Waals surface area contributed by atoms with E-state index in [-0.39, 0.29) is 17.9 Å². The van der Waals surface area contributed by atoms with Crippen LogP contribution in [0.25, 0.3) is 0 Å². The molecule has 22 heavy (non-hydrogen) atoms. The molecule has 1 saturated carbocycles. The molecule has 1 aliphatic carbocycles. The van der Waals surface area contributed by atoms with Crippen molar-refractivity contribution in [2.45, 2.75) is 25.3 Å². The van der Waals surface area contributed by atoms with Crippen LogP contribution >= 0.6 is 0 Å². The summed E-state index contributed by atoms with van der Waals surface area (Å²) in [6.45, 7) is 0.852. The number of amides is 1. The molecule has 0 spiro atoms. The lowest BCUT2D eigenvalue weighted by atomic mass is 10.1. The Balaban J connectivity index is 1.75. The number of nitrogens with one attached hydrogen (secondary N) is 1. The zero-order chi connectivity index (χ0) is 15.9. The molecule has 2 unspecified atom stereocenters. The zero-order valence-corrected chi connectivity index (χ0v) is 13.1. The van der Waals surface area contributed by atoms with Gasteiger partial charge in [-0.15, -0.1) is 0 Å². The van der Waals surface area contributed by atoms with Gasteiger partial charge in [-0.3, -0.25) is 4.79 Å². The van der Waals surface area contributed by atoms with E-state index in [2.05, 4.69) is 5.32 Å². The predicted octanol–water partition coefficient (Wildman–Crippen LogP) is 1.33. The Hall–Kier alpha value is -1.95. The van der Waals surface area contributed by atoms with Gasteiger partial charge >= 0.3 is 0 Å². The molecule has 1 aromatic carbocycles. The minimum absolute atomic E-state index is 0.0481. The van der Waals surface area contributed by atoms with Crippen LogP contribution in [0.1, 0.15) is 19.3 Å². The van der Waals surface area contributed by atoms with Crippen molar-refractivity contribution in [3.63, 3.8) is 0 Å². The van der Waals surface area contributed by atoms with Crippen molar-refractivity contribution in [1.82, 2.24) is 5.32 Å². The first-order chi connectivity index (χ1) is 10.6. The van der Waals surface area contributed by atoms with E-state index in [1.807, 2.05) is 0 Å². The van der Waals surface area contributed by atoms with Crippen LogP contribution in [0.15, 0.2) is 18.2 Å². The van der Waals surface area contributed by atoms with Gasteiger partial charge in [0.25, 0.3) is 0 Å². The van der Waals surface area contributed by atoms with Gasteiger partial charge in [0.1, 0.15) is 23.9 Å². The normalized spacial score (nSPS) is 20.5. The zero-order valence-electron chi connectivity index (χ0n) is 13.1. The summed E-state index contributed by atoms with van der Waals surface area (Å²) in [6, 6.07) is 5.50. The van der Waals surface area contributed by atoms with Gasteiger partial charge in [0.2, 0.25) is 5.91 Å². The lowest BCUT2D eigenvalue weighted by Crippen LogP contribution is -2.33. The second-order valence-corrected chi connectivity index (χ2v) is 5.46. The van der Waals surface area contributed by atoms with E-state index in [1.54, 1.807) is 32.4 Å². The molecule has 0 heterocycles. The quantitative estimate of drug-likeness (QED) is 0.743. The molecule has 0 aliphatic heterocycles. The molecule has 0 saturated heterocycles. The SMILES string of the molecule is COc1cc(OC)cc(OCCNC(=O)C2CCC(N)C2)c1. The summed E-state index contributed by atoms with van der Waals surface area (Å²) in [6.07, 6.45) is 2.58. The molecule has 3 N–H and O–H groups in total. The molecule has 0 radical (unpaired) electrons. The molecule has 6 heteroatoms. The Morgan fingerprint density at radius 3 is 2.36 bits per heavy atom. The van der Waals surface area contributed by atoms with Crippen LogP contribution in [0.2, 0.25) is 0 Å². The summed E-state index contributed by atoms with van der Waals surface area (Å²) in [5.41, 5.74) is 5.82. The van der Waals surface area contributed by atoms with Crippen molar-refractivity contribution in [2.24, 2.45) is 11.7 Å². The molecule has 0 aromatic heterocycles. The maximum atomic E-state index is 11.9. The molecular formula is C16H24N2O4. The maximum absolute atomic E-state index is 11.9. The first kappa shape index (κ1) is 16.4. The minimum Gasteiger partial charge on any atom is -0.496 e. The second kappa shape index (κ2) is 7.89. The molecule has 122 valence electrons. The third-order valence-corrected chi connectivity index (χ3v) is 3.84. The number of nitrogens with two attached hydrogens (primary N) is 1. The van der Waals surface area contributed by atoms with E-state index in [4.69, 9.17) is 19.9 Å². The average molecular weight is 308 g/mol. The highest BCUT2D eigenvalue weighted by molar-refractivity contribution is 5.78. The third kappa shape index (κ3) is 4.53. The smallest absolute Gasteiger partial charge is 0.223 e. The number of carbonyl (C=O) groups excluding carboxylic acids is 1. The lowest BCUT2D eigenvalue weighted by molar-refractivity contribution is -0.124. The summed E-state index contributed by atoms with van der Waals surface area (Å²) < 4.78 is 16.0. The topological polar surface area (TPSA) is 82.8 Å². The second-order valence-electron chi connectivity index (χ2n) is 5.46. The fourth-order valence-corrected chi connectivity index (χ4v) is 2.61. The maximum Gasteiger partial charge on any atom is 0.223 e. The number of hydrogen-bond acceptors (Lipinski definition) is 5. The molecule has 1 fully saturated rings. The highest BCUT2D eigenvalue weighted by atomic mass is 16.5. The van der Waals surface area contributed by atoms with Gasteiger partial charge in [-0.1, -0.05) is 0 Å². The van der Waals surface area contributed by atoms with E-state index in [0.29, 0.717) is 30.4 Å². The summed E-state index contributed by atoms with van der Waals surface area (Å²) in [5.74, 6) is 2.09. The van der Waals surface area contributed by atoms with Crippen molar-refractivity contribution < 1.29 is 19.0 Å². The number of rotatable bonds is 7. The number of hydrogen-bond donors (Lipinski definition) is 2. The highest BCUT2D eigenvalue weighted by Gasteiger charge is 2.27. The van der Waals surface area contributed by atoms with Gasteiger partial charge < -0.3 is 25.3 Å². The fourth-order valence-electron chi connectivity index (χ4n) is 2.61. The highest BCUT2D eigenvalue weighted by Crippen LogP contribution is 2.27. The molecule has 0 bridgehead atoms. The van der Waals surface area contributed by atoms with Crippen molar-refractivity contribution in [1.29, 1.82) is 0 Å². The molecule has 1 aliphatic rings. The molecule has 1 aromatic rings. The first-order valence-electron chi connectivity index (χ1n) is 7.51. The Bertz CT molecular complexity index is 485. The van der Waals surface area contributed by atoms with Crippen LogP contribution < -0.4 is 25.3 Å². The van der Waals surface area contributed by atoms with Crippen LogP contribution in [0.3, 0.4) is 0 Å². The summed E-state index contributed by atoms with van der Waals surface area (Å²) in [7, 11) is 3.18. The van der Waals surface area contributed by atoms with Crippen molar-refractivity contribution in [3.8, 4) is 17.2 Å².